The lowest BCUT2D eigenvalue weighted by molar-refractivity contribution is -0.135. The van der Waals surface area contributed by atoms with Gasteiger partial charge in [-0.2, -0.15) is 0 Å². The first-order valence-corrected chi connectivity index (χ1v) is 12.4. The normalized spacial score (nSPS) is 20.4. The van der Waals surface area contributed by atoms with Crippen molar-refractivity contribution in [3.8, 4) is 5.69 Å². The van der Waals surface area contributed by atoms with Crippen LogP contribution in [0.4, 0.5) is 0 Å². The van der Waals surface area contributed by atoms with E-state index in [9.17, 15) is 4.79 Å². The predicted octanol–water partition coefficient (Wildman–Crippen LogP) is 3.83. The molecule has 1 amide bonds. The molecule has 34 heavy (non-hydrogen) atoms. The summed E-state index contributed by atoms with van der Waals surface area (Å²) in [5.41, 5.74) is 3.22. The van der Waals surface area contributed by atoms with Gasteiger partial charge in [-0.25, -0.2) is 0 Å². The van der Waals surface area contributed by atoms with Crippen LogP contribution in [0.1, 0.15) is 43.4 Å². The van der Waals surface area contributed by atoms with Gasteiger partial charge in [-0.05, 0) is 48.7 Å². The summed E-state index contributed by atoms with van der Waals surface area (Å²) in [6, 6.07) is 12.5. The largest absolute Gasteiger partial charge is 0.370 e. The van der Waals surface area contributed by atoms with Gasteiger partial charge in [-0.3, -0.25) is 19.7 Å². The van der Waals surface area contributed by atoms with E-state index >= 15 is 0 Å². The van der Waals surface area contributed by atoms with E-state index in [-0.39, 0.29) is 12.0 Å². The van der Waals surface area contributed by atoms with Gasteiger partial charge in [-0.15, -0.1) is 0 Å². The van der Waals surface area contributed by atoms with Crippen LogP contribution in [-0.4, -0.2) is 62.0 Å². The predicted molar refractivity (Wildman–Crippen MR) is 130 cm³/mol. The summed E-state index contributed by atoms with van der Waals surface area (Å²) in [5.74, 6) is 0.221. The monoisotopic (exact) mass is 459 g/mol. The quantitative estimate of drug-likeness (QED) is 0.537. The van der Waals surface area contributed by atoms with E-state index in [1.807, 2.05) is 36.7 Å². The summed E-state index contributed by atoms with van der Waals surface area (Å²) in [7, 11) is 0. The van der Waals surface area contributed by atoms with Gasteiger partial charge < -0.3 is 14.2 Å². The fraction of sp³-hybridized carbons (Fsp3) is 0.444. The lowest BCUT2D eigenvalue weighted by Gasteiger charge is -2.35. The van der Waals surface area contributed by atoms with E-state index in [0.717, 1.165) is 29.8 Å². The summed E-state index contributed by atoms with van der Waals surface area (Å²) >= 11 is 0. The highest BCUT2D eigenvalue weighted by Crippen LogP contribution is 2.25. The molecule has 0 unspecified atom stereocenters. The Morgan fingerprint density at radius 1 is 0.941 bits per heavy atom. The smallest absolute Gasteiger partial charge is 0.237 e. The summed E-state index contributed by atoms with van der Waals surface area (Å²) in [6.45, 7) is 2.97. The molecule has 2 fully saturated rings. The molecule has 2 aliphatic rings. The maximum atomic E-state index is 13.4. The number of aromatic nitrogens is 3. The van der Waals surface area contributed by atoms with E-state index < -0.39 is 0 Å². The van der Waals surface area contributed by atoms with Crippen molar-refractivity contribution in [1.82, 2.24) is 24.3 Å². The van der Waals surface area contributed by atoms with E-state index in [1.54, 1.807) is 12.4 Å². The molecular weight excluding hydrogens is 426 g/mol. The van der Waals surface area contributed by atoms with Crippen LogP contribution in [0.5, 0.6) is 0 Å². The molecule has 4 heterocycles. The molecule has 0 aromatic carbocycles. The van der Waals surface area contributed by atoms with Crippen LogP contribution >= 0.6 is 0 Å². The highest BCUT2D eigenvalue weighted by Gasteiger charge is 2.33. The number of pyridine rings is 2. The second kappa shape index (κ2) is 10.9. The fourth-order valence-corrected chi connectivity index (χ4v) is 5.20. The Hall–Kier alpha value is -3.03. The third-order valence-electron chi connectivity index (χ3n) is 6.91. The zero-order valence-electron chi connectivity index (χ0n) is 19.6. The Morgan fingerprint density at radius 3 is 2.53 bits per heavy atom. The summed E-state index contributed by atoms with van der Waals surface area (Å²) < 4.78 is 8.54. The number of hydrogen-bond acceptors (Lipinski definition) is 5. The number of nitrogens with zero attached hydrogens (tertiary/aromatic N) is 5. The minimum absolute atomic E-state index is 0.0459. The van der Waals surface area contributed by atoms with Crippen LogP contribution in [0, 0.1) is 0 Å². The topological polar surface area (TPSA) is 63.5 Å². The number of rotatable bonds is 7. The zero-order chi connectivity index (χ0) is 23.2. The molecule has 178 valence electrons. The molecule has 1 aliphatic carbocycles. The molecule has 0 radical (unpaired) electrons. The van der Waals surface area contributed by atoms with Gasteiger partial charge in [-0.1, -0.05) is 25.3 Å². The van der Waals surface area contributed by atoms with E-state index in [2.05, 4.69) is 42.7 Å². The lowest BCUT2D eigenvalue weighted by atomic mass is 9.94. The molecule has 0 spiro atoms. The van der Waals surface area contributed by atoms with Crippen molar-refractivity contribution in [2.75, 3.05) is 19.6 Å². The SMILES string of the molecule is O=C1CN(Cc2cccn2-c2cccnc2)C[C@@H](OCc2cccnc2)CN1C1CCCCC1. The average Bonchev–Trinajstić information content (AvgIpc) is 3.28. The molecule has 0 bridgehead atoms. The second-order valence-electron chi connectivity index (χ2n) is 9.38. The standard InChI is InChI=1S/C27H33N5O2/c33-27-20-30(17-25-11-6-14-31(25)24-10-5-13-29-16-24)18-26(34-21-22-7-4-12-28-15-22)19-32(27)23-8-2-1-3-9-23/h4-7,10-16,23,26H,1-3,8-9,17-21H2/t26-/m1/s1. The Labute approximate surface area is 201 Å². The van der Waals surface area contributed by atoms with Crippen molar-refractivity contribution < 1.29 is 9.53 Å². The van der Waals surface area contributed by atoms with Gasteiger partial charge >= 0.3 is 0 Å². The van der Waals surface area contributed by atoms with Crippen molar-refractivity contribution in [3.05, 3.63) is 78.6 Å². The fourth-order valence-electron chi connectivity index (χ4n) is 5.20. The molecular formula is C27H33N5O2. The van der Waals surface area contributed by atoms with Crippen LogP contribution in [0.2, 0.25) is 0 Å². The lowest BCUT2D eigenvalue weighted by Crippen LogP contribution is -2.45. The number of amides is 1. The highest BCUT2D eigenvalue weighted by molar-refractivity contribution is 5.79. The van der Waals surface area contributed by atoms with Crippen molar-refractivity contribution in [2.45, 2.75) is 57.4 Å². The first-order valence-electron chi connectivity index (χ1n) is 12.4. The summed E-state index contributed by atoms with van der Waals surface area (Å²) in [4.78, 5) is 26.3. The van der Waals surface area contributed by atoms with Crippen molar-refractivity contribution >= 4 is 5.91 Å². The second-order valence-corrected chi connectivity index (χ2v) is 9.38. The van der Waals surface area contributed by atoms with Gasteiger partial charge in [0.1, 0.15) is 0 Å². The van der Waals surface area contributed by atoms with Gasteiger partial charge in [0.25, 0.3) is 0 Å². The van der Waals surface area contributed by atoms with Crippen LogP contribution in [-0.2, 0) is 22.7 Å². The third-order valence-corrected chi connectivity index (χ3v) is 6.91. The van der Waals surface area contributed by atoms with Crippen LogP contribution in [0.25, 0.3) is 5.69 Å². The summed E-state index contributed by atoms with van der Waals surface area (Å²) in [5, 5.41) is 0. The highest BCUT2D eigenvalue weighted by atomic mass is 16.5. The first-order chi connectivity index (χ1) is 16.8. The molecule has 1 aliphatic heterocycles. The molecule has 1 atom stereocenters. The summed E-state index contributed by atoms with van der Waals surface area (Å²) in [6.07, 6.45) is 15.2. The molecule has 5 rings (SSSR count). The van der Waals surface area contributed by atoms with Gasteiger partial charge in [0, 0.05) is 56.2 Å². The van der Waals surface area contributed by atoms with E-state index in [1.165, 1.54) is 19.3 Å². The van der Waals surface area contributed by atoms with Crippen molar-refractivity contribution in [1.29, 1.82) is 0 Å². The van der Waals surface area contributed by atoms with Gasteiger partial charge in [0.05, 0.1) is 31.1 Å². The van der Waals surface area contributed by atoms with E-state index in [4.69, 9.17) is 4.74 Å². The molecule has 3 aromatic heterocycles. The van der Waals surface area contributed by atoms with Gasteiger partial charge in [0.15, 0.2) is 0 Å². The number of carbonyl (C=O) groups excluding carboxylic acids is 1. The Balaban J connectivity index is 1.34. The molecule has 0 N–H and O–H groups in total. The Bertz CT molecular complexity index is 1050. The number of carbonyl (C=O) groups is 1. The molecule has 7 nitrogen and oxygen atoms in total. The zero-order valence-corrected chi connectivity index (χ0v) is 19.6. The van der Waals surface area contributed by atoms with Crippen LogP contribution in [0.15, 0.2) is 67.4 Å². The number of ether oxygens (including phenoxy) is 1. The third kappa shape index (κ3) is 5.54. The van der Waals surface area contributed by atoms with Crippen molar-refractivity contribution in [2.24, 2.45) is 0 Å². The minimum atomic E-state index is -0.0459. The maximum Gasteiger partial charge on any atom is 0.237 e. The first kappa shape index (κ1) is 22.7. The van der Waals surface area contributed by atoms with Crippen LogP contribution < -0.4 is 0 Å². The minimum Gasteiger partial charge on any atom is -0.370 e. The Kier molecular flexibility index (Phi) is 7.31. The molecule has 1 saturated carbocycles. The Morgan fingerprint density at radius 2 is 1.76 bits per heavy atom. The molecule has 3 aromatic rings. The van der Waals surface area contributed by atoms with Crippen LogP contribution in [0.3, 0.4) is 0 Å². The number of hydrogen-bond donors (Lipinski definition) is 0. The molecule has 1 saturated heterocycles. The van der Waals surface area contributed by atoms with Crippen molar-refractivity contribution in [3.63, 3.8) is 0 Å². The maximum absolute atomic E-state index is 13.4. The van der Waals surface area contributed by atoms with E-state index in [0.29, 0.717) is 38.8 Å². The van der Waals surface area contributed by atoms with Gasteiger partial charge in [0.2, 0.25) is 5.91 Å². The average molecular weight is 460 g/mol. The molecule has 7 heteroatoms.